The van der Waals surface area contributed by atoms with Gasteiger partial charge in [0.15, 0.2) is 0 Å². The van der Waals surface area contributed by atoms with Crippen LogP contribution in [0.3, 0.4) is 0 Å². The third-order valence-corrected chi connectivity index (χ3v) is 4.34. The van der Waals surface area contributed by atoms with Crippen LogP contribution in [-0.4, -0.2) is 9.97 Å². The van der Waals surface area contributed by atoms with Crippen molar-refractivity contribution in [2.45, 2.75) is 32.1 Å². The molecule has 3 heteroatoms. The zero-order valence-electron chi connectivity index (χ0n) is 12.6. The lowest BCUT2D eigenvalue weighted by molar-refractivity contribution is 0.461. The highest BCUT2D eigenvalue weighted by atomic mass is 16.4. The van der Waals surface area contributed by atoms with Crippen molar-refractivity contribution in [2.24, 2.45) is 0 Å². The molecule has 2 heterocycles. The fourth-order valence-corrected chi connectivity index (χ4v) is 3.07. The van der Waals surface area contributed by atoms with E-state index in [9.17, 15) is 0 Å². The van der Waals surface area contributed by atoms with E-state index < -0.39 is 0 Å². The number of oxazole rings is 1. The van der Waals surface area contributed by atoms with Crippen LogP contribution in [0.4, 0.5) is 0 Å². The summed E-state index contributed by atoms with van der Waals surface area (Å²) in [4.78, 5) is 9.22. The van der Waals surface area contributed by atoms with E-state index in [2.05, 4.69) is 48.3 Å². The maximum absolute atomic E-state index is 5.98. The number of hydrogen-bond donors (Lipinski definition) is 0. The summed E-state index contributed by atoms with van der Waals surface area (Å²) >= 11 is 0. The van der Waals surface area contributed by atoms with Crippen LogP contribution in [0.15, 0.2) is 53.1 Å². The molecule has 1 atom stereocenters. The first kappa shape index (κ1) is 13.3. The summed E-state index contributed by atoms with van der Waals surface area (Å²) < 4.78 is 5.98. The Hall–Kier alpha value is -2.42. The molecule has 1 aromatic carbocycles. The number of benzene rings is 1. The molecular formula is C19H18N2O. The van der Waals surface area contributed by atoms with E-state index in [1.807, 2.05) is 12.3 Å². The number of rotatable bonds is 2. The van der Waals surface area contributed by atoms with Crippen LogP contribution in [0.2, 0.25) is 0 Å². The van der Waals surface area contributed by atoms with Gasteiger partial charge in [-0.1, -0.05) is 23.8 Å². The largest absolute Gasteiger partial charge is 0.441 e. The Morgan fingerprint density at radius 1 is 1.09 bits per heavy atom. The van der Waals surface area contributed by atoms with Crippen molar-refractivity contribution in [3.63, 3.8) is 0 Å². The second-order valence-corrected chi connectivity index (χ2v) is 5.95. The zero-order chi connectivity index (χ0) is 14.9. The van der Waals surface area contributed by atoms with Crippen LogP contribution >= 0.6 is 0 Å². The summed E-state index contributed by atoms with van der Waals surface area (Å²) in [6, 6.07) is 14.5. The van der Waals surface area contributed by atoms with Crippen LogP contribution in [0.1, 0.15) is 35.1 Å². The predicted molar refractivity (Wildman–Crippen MR) is 85.7 cm³/mol. The molecule has 3 aromatic rings. The average Bonchev–Trinajstić information content (AvgIpc) is 2.99. The van der Waals surface area contributed by atoms with Crippen molar-refractivity contribution >= 4 is 0 Å². The van der Waals surface area contributed by atoms with E-state index in [4.69, 9.17) is 9.40 Å². The second-order valence-electron chi connectivity index (χ2n) is 5.95. The Morgan fingerprint density at radius 3 is 2.73 bits per heavy atom. The Bertz CT molecular complexity index is 775. The zero-order valence-corrected chi connectivity index (χ0v) is 12.6. The van der Waals surface area contributed by atoms with Crippen LogP contribution in [-0.2, 0) is 12.8 Å². The monoisotopic (exact) mass is 290 g/mol. The van der Waals surface area contributed by atoms with Gasteiger partial charge in [0.25, 0.3) is 0 Å². The maximum atomic E-state index is 5.98. The molecule has 2 aromatic heterocycles. The molecule has 0 amide bonds. The highest BCUT2D eigenvalue weighted by molar-refractivity contribution is 5.54. The fraction of sp³-hybridized carbons (Fsp3) is 0.263. The van der Waals surface area contributed by atoms with Gasteiger partial charge >= 0.3 is 0 Å². The first-order chi connectivity index (χ1) is 10.8. The summed E-state index contributed by atoms with van der Waals surface area (Å²) in [5.74, 6) is 2.24. The third kappa shape index (κ3) is 2.43. The summed E-state index contributed by atoms with van der Waals surface area (Å²) in [6.07, 6.45) is 4.80. The molecule has 0 radical (unpaired) electrons. The number of fused-ring (bicyclic) bond motifs is 1. The minimum atomic E-state index is 0.449. The number of aromatic nitrogens is 2. The quantitative estimate of drug-likeness (QED) is 0.705. The summed E-state index contributed by atoms with van der Waals surface area (Å²) in [5.41, 5.74) is 4.55. The molecule has 1 unspecified atom stereocenters. The van der Waals surface area contributed by atoms with Gasteiger partial charge in [-0.05, 0) is 37.6 Å². The lowest BCUT2D eigenvalue weighted by atomic mass is 9.87. The first-order valence-corrected chi connectivity index (χ1v) is 7.76. The van der Waals surface area contributed by atoms with Crippen LogP contribution in [0, 0.1) is 6.92 Å². The minimum Gasteiger partial charge on any atom is -0.441 e. The highest BCUT2D eigenvalue weighted by Gasteiger charge is 2.26. The predicted octanol–water partition coefficient (Wildman–Crippen LogP) is 4.32. The molecule has 1 aliphatic rings. The summed E-state index contributed by atoms with van der Waals surface area (Å²) in [6.45, 7) is 2.09. The van der Waals surface area contributed by atoms with Crippen molar-refractivity contribution in [1.29, 1.82) is 0 Å². The Kier molecular flexibility index (Phi) is 3.26. The minimum absolute atomic E-state index is 0.449. The van der Waals surface area contributed by atoms with E-state index in [-0.39, 0.29) is 0 Å². The molecule has 0 saturated carbocycles. The molecule has 110 valence electrons. The van der Waals surface area contributed by atoms with E-state index in [0.29, 0.717) is 5.92 Å². The van der Waals surface area contributed by atoms with Crippen LogP contribution in [0.25, 0.3) is 11.5 Å². The van der Waals surface area contributed by atoms with Gasteiger partial charge in [-0.2, -0.15) is 0 Å². The first-order valence-electron chi connectivity index (χ1n) is 7.76. The Balaban J connectivity index is 1.62. The smallest absolute Gasteiger partial charge is 0.226 e. The van der Waals surface area contributed by atoms with Gasteiger partial charge in [0.05, 0.1) is 5.69 Å². The molecule has 0 fully saturated rings. The summed E-state index contributed by atoms with van der Waals surface area (Å²) in [7, 11) is 0. The van der Waals surface area contributed by atoms with Gasteiger partial charge in [-0.15, -0.1) is 0 Å². The second kappa shape index (κ2) is 5.41. The average molecular weight is 290 g/mol. The van der Waals surface area contributed by atoms with Crippen molar-refractivity contribution in [3.05, 3.63) is 71.4 Å². The molecule has 0 bridgehead atoms. The SMILES string of the molecule is Cc1ccc(-c2nc3c(o2)CCC(c2ccccn2)C3)cc1. The van der Waals surface area contributed by atoms with Gasteiger partial charge in [0, 0.05) is 36.2 Å². The van der Waals surface area contributed by atoms with Crippen molar-refractivity contribution in [1.82, 2.24) is 9.97 Å². The molecular weight excluding hydrogens is 272 g/mol. The molecule has 0 N–H and O–H groups in total. The number of nitrogens with zero attached hydrogens (tertiary/aromatic N) is 2. The topological polar surface area (TPSA) is 38.9 Å². The molecule has 4 rings (SSSR count). The molecule has 22 heavy (non-hydrogen) atoms. The van der Waals surface area contributed by atoms with Gasteiger partial charge in [0.1, 0.15) is 5.76 Å². The molecule has 0 aliphatic heterocycles. The van der Waals surface area contributed by atoms with Crippen LogP contribution in [0.5, 0.6) is 0 Å². The van der Waals surface area contributed by atoms with Crippen molar-refractivity contribution in [2.75, 3.05) is 0 Å². The molecule has 1 aliphatic carbocycles. The fourth-order valence-electron chi connectivity index (χ4n) is 3.07. The normalized spacial score (nSPS) is 17.2. The lowest BCUT2D eigenvalue weighted by Crippen LogP contribution is -2.13. The number of aryl methyl sites for hydroxylation is 2. The van der Waals surface area contributed by atoms with Crippen LogP contribution < -0.4 is 0 Å². The van der Waals surface area contributed by atoms with E-state index in [1.165, 1.54) is 5.56 Å². The highest BCUT2D eigenvalue weighted by Crippen LogP contribution is 2.34. The Morgan fingerprint density at radius 2 is 1.95 bits per heavy atom. The molecule has 0 spiro atoms. The van der Waals surface area contributed by atoms with E-state index in [1.54, 1.807) is 0 Å². The van der Waals surface area contributed by atoms with Gasteiger partial charge in [0.2, 0.25) is 5.89 Å². The molecule has 0 saturated heterocycles. The third-order valence-electron chi connectivity index (χ3n) is 4.34. The standard InChI is InChI=1S/C19H18N2O/c1-13-5-7-14(8-6-13)19-21-17-12-15(9-10-18(17)22-19)16-4-2-3-11-20-16/h2-8,11,15H,9-10,12H2,1H3. The Labute approximate surface area is 130 Å². The van der Waals surface area contributed by atoms with E-state index in [0.717, 1.165) is 47.9 Å². The van der Waals surface area contributed by atoms with Gasteiger partial charge in [-0.3, -0.25) is 4.98 Å². The van der Waals surface area contributed by atoms with Gasteiger partial charge in [-0.25, -0.2) is 4.98 Å². The molecule has 3 nitrogen and oxygen atoms in total. The number of pyridine rings is 1. The number of hydrogen-bond acceptors (Lipinski definition) is 3. The van der Waals surface area contributed by atoms with Crippen molar-refractivity contribution < 1.29 is 4.42 Å². The summed E-state index contributed by atoms with van der Waals surface area (Å²) in [5, 5.41) is 0. The van der Waals surface area contributed by atoms with Crippen molar-refractivity contribution in [3.8, 4) is 11.5 Å². The van der Waals surface area contributed by atoms with Gasteiger partial charge < -0.3 is 4.42 Å². The lowest BCUT2D eigenvalue weighted by Gasteiger charge is -2.19. The maximum Gasteiger partial charge on any atom is 0.226 e. The van der Waals surface area contributed by atoms with E-state index >= 15 is 0 Å².